The third kappa shape index (κ3) is 3.13. The number of urea groups is 1. The summed E-state index contributed by atoms with van der Waals surface area (Å²) in [5.74, 6) is 1.03. The number of aryl methyl sites for hydroxylation is 1. The summed E-state index contributed by atoms with van der Waals surface area (Å²) in [6.45, 7) is 2.14. The molecule has 2 amide bonds. The minimum atomic E-state index is -0.0844. The molecule has 1 aromatic carbocycles. The lowest BCUT2D eigenvalue weighted by molar-refractivity contribution is -0.00552. The van der Waals surface area contributed by atoms with E-state index in [4.69, 9.17) is 4.74 Å². The normalized spacial score (nSPS) is 18.8. The second-order valence-electron chi connectivity index (χ2n) is 6.62. The molecule has 1 spiro atoms. The number of nitrogens with zero attached hydrogens (tertiary/aromatic N) is 1. The molecule has 0 unspecified atom stereocenters. The van der Waals surface area contributed by atoms with Crippen molar-refractivity contribution in [3.05, 3.63) is 52.2 Å². The predicted octanol–water partition coefficient (Wildman–Crippen LogP) is 3.82. The quantitative estimate of drug-likeness (QED) is 0.901. The van der Waals surface area contributed by atoms with Gasteiger partial charge in [-0.05, 0) is 35.9 Å². The molecule has 0 bridgehead atoms. The molecule has 2 aliphatic heterocycles. The van der Waals surface area contributed by atoms with E-state index in [0.29, 0.717) is 6.54 Å². The van der Waals surface area contributed by atoms with E-state index in [0.717, 1.165) is 44.5 Å². The minimum absolute atomic E-state index is 0.0365. The molecule has 2 aromatic rings. The van der Waals surface area contributed by atoms with Gasteiger partial charge in [0.1, 0.15) is 11.4 Å². The molecule has 0 saturated carbocycles. The minimum Gasteiger partial charge on any atom is -0.487 e. The summed E-state index contributed by atoms with van der Waals surface area (Å²) in [6.07, 6.45) is 3.94. The van der Waals surface area contributed by atoms with Crippen LogP contribution in [-0.4, -0.2) is 29.6 Å². The van der Waals surface area contributed by atoms with Crippen molar-refractivity contribution in [2.24, 2.45) is 0 Å². The Bertz CT molecular complexity index is 706. The van der Waals surface area contributed by atoms with Crippen LogP contribution in [0.3, 0.4) is 0 Å². The van der Waals surface area contributed by atoms with Gasteiger partial charge in [-0.3, -0.25) is 0 Å². The molecule has 0 atom stereocenters. The van der Waals surface area contributed by atoms with Crippen LogP contribution < -0.4 is 10.1 Å². The first kappa shape index (κ1) is 15.5. The van der Waals surface area contributed by atoms with Crippen molar-refractivity contribution in [3.63, 3.8) is 0 Å². The summed E-state index contributed by atoms with van der Waals surface area (Å²) in [7, 11) is 0. The third-order valence-electron chi connectivity index (χ3n) is 5.10. The van der Waals surface area contributed by atoms with E-state index in [2.05, 4.69) is 23.5 Å². The van der Waals surface area contributed by atoms with Crippen LogP contribution in [0.15, 0.2) is 41.8 Å². The van der Waals surface area contributed by atoms with Gasteiger partial charge in [0.15, 0.2) is 0 Å². The van der Waals surface area contributed by atoms with Crippen molar-refractivity contribution in [1.82, 2.24) is 10.2 Å². The maximum Gasteiger partial charge on any atom is 0.317 e. The summed E-state index contributed by atoms with van der Waals surface area (Å²) in [5.41, 5.74) is 1.22. The predicted molar refractivity (Wildman–Crippen MR) is 95.5 cm³/mol. The van der Waals surface area contributed by atoms with Crippen LogP contribution in [-0.2, 0) is 13.0 Å². The molecule has 0 radical (unpaired) electrons. The molecule has 4 nitrogen and oxygen atoms in total. The molecule has 1 N–H and O–H groups in total. The van der Waals surface area contributed by atoms with Gasteiger partial charge in [-0.15, -0.1) is 11.3 Å². The van der Waals surface area contributed by atoms with Crippen LogP contribution in [0.1, 0.15) is 29.7 Å². The van der Waals surface area contributed by atoms with Crippen LogP contribution in [0, 0.1) is 0 Å². The van der Waals surface area contributed by atoms with E-state index >= 15 is 0 Å². The number of carbonyl (C=O) groups is 1. The Labute approximate surface area is 146 Å². The highest BCUT2D eigenvalue weighted by atomic mass is 32.1. The molecular weight excluding hydrogens is 320 g/mol. The van der Waals surface area contributed by atoms with Gasteiger partial charge in [0.2, 0.25) is 0 Å². The van der Waals surface area contributed by atoms with Gasteiger partial charge in [0.05, 0.1) is 6.54 Å². The van der Waals surface area contributed by atoms with Crippen LogP contribution in [0.2, 0.25) is 0 Å². The molecule has 3 heterocycles. The van der Waals surface area contributed by atoms with Crippen LogP contribution in [0.5, 0.6) is 5.75 Å². The molecule has 1 saturated heterocycles. The van der Waals surface area contributed by atoms with Gasteiger partial charge in [0, 0.05) is 30.8 Å². The van der Waals surface area contributed by atoms with E-state index in [1.807, 2.05) is 28.5 Å². The molecule has 4 rings (SSSR count). The van der Waals surface area contributed by atoms with Gasteiger partial charge >= 0.3 is 6.03 Å². The summed E-state index contributed by atoms with van der Waals surface area (Å²) < 4.78 is 6.35. The second-order valence-corrected chi connectivity index (χ2v) is 7.65. The molecular formula is C19H22N2O2S. The Morgan fingerprint density at radius 2 is 2.00 bits per heavy atom. The van der Waals surface area contributed by atoms with Crippen molar-refractivity contribution in [3.8, 4) is 5.75 Å². The monoisotopic (exact) mass is 342 g/mol. The zero-order valence-corrected chi connectivity index (χ0v) is 14.5. The molecule has 1 aromatic heterocycles. The lowest BCUT2D eigenvalue weighted by Gasteiger charge is -2.44. The zero-order chi connectivity index (χ0) is 16.4. The lowest BCUT2D eigenvalue weighted by Crippen LogP contribution is -2.53. The standard InChI is InChI=1S/C19H22N2O2S/c22-18(20-14-16-5-3-13-24-16)21-11-9-19(10-12-21)8-7-15-4-1-2-6-17(15)23-19/h1-6,13H,7-12,14H2,(H,20,22). The van der Waals surface area contributed by atoms with E-state index in [9.17, 15) is 4.79 Å². The van der Waals surface area contributed by atoms with Gasteiger partial charge < -0.3 is 15.0 Å². The van der Waals surface area contributed by atoms with Gasteiger partial charge in [-0.25, -0.2) is 4.79 Å². The van der Waals surface area contributed by atoms with Crippen molar-refractivity contribution in [1.29, 1.82) is 0 Å². The number of para-hydroxylation sites is 1. The van der Waals surface area contributed by atoms with Gasteiger partial charge in [0.25, 0.3) is 0 Å². The fraction of sp³-hybridized carbons (Fsp3) is 0.421. The lowest BCUT2D eigenvalue weighted by atomic mass is 9.83. The number of rotatable bonds is 2. The average molecular weight is 342 g/mol. The number of ether oxygens (including phenoxy) is 1. The number of nitrogens with one attached hydrogen (secondary N) is 1. The number of piperidine rings is 1. The van der Waals surface area contributed by atoms with E-state index < -0.39 is 0 Å². The van der Waals surface area contributed by atoms with Crippen molar-refractivity contribution in [2.45, 2.75) is 37.8 Å². The van der Waals surface area contributed by atoms with Crippen molar-refractivity contribution in [2.75, 3.05) is 13.1 Å². The maximum absolute atomic E-state index is 12.3. The van der Waals surface area contributed by atoms with Crippen LogP contribution >= 0.6 is 11.3 Å². The van der Waals surface area contributed by atoms with E-state index in [1.54, 1.807) is 11.3 Å². The van der Waals surface area contributed by atoms with Crippen LogP contribution in [0.25, 0.3) is 0 Å². The molecule has 126 valence electrons. The number of hydrogen-bond donors (Lipinski definition) is 1. The molecule has 0 aliphatic carbocycles. The highest BCUT2D eigenvalue weighted by Crippen LogP contribution is 2.39. The molecule has 1 fully saturated rings. The first-order valence-corrected chi connectivity index (χ1v) is 9.44. The second kappa shape index (κ2) is 6.48. The van der Waals surface area contributed by atoms with Crippen molar-refractivity contribution >= 4 is 17.4 Å². The van der Waals surface area contributed by atoms with Gasteiger partial charge in [-0.2, -0.15) is 0 Å². The molecule has 24 heavy (non-hydrogen) atoms. The Morgan fingerprint density at radius 3 is 2.79 bits per heavy atom. The average Bonchev–Trinajstić information content (AvgIpc) is 3.14. The van der Waals surface area contributed by atoms with Gasteiger partial charge in [-0.1, -0.05) is 24.3 Å². The first-order chi connectivity index (χ1) is 11.7. The first-order valence-electron chi connectivity index (χ1n) is 8.56. The number of hydrogen-bond acceptors (Lipinski definition) is 3. The van der Waals surface area contributed by atoms with Crippen LogP contribution in [0.4, 0.5) is 4.79 Å². The Balaban J connectivity index is 1.33. The molecule has 2 aliphatic rings. The third-order valence-corrected chi connectivity index (χ3v) is 5.98. The number of likely N-dealkylation sites (tertiary alicyclic amines) is 1. The number of carbonyl (C=O) groups excluding carboxylic acids is 1. The van der Waals surface area contributed by atoms with E-state index in [-0.39, 0.29) is 11.6 Å². The number of fused-ring (bicyclic) bond motifs is 1. The van der Waals surface area contributed by atoms with E-state index in [1.165, 1.54) is 10.4 Å². The summed E-state index contributed by atoms with van der Waals surface area (Å²) in [6, 6.07) is 12.4. The number of benzene rings is 1. The number of amides is 2. The Hall–Kier alpha value is -2.01. The SMILES string of the molecule is O=C(NCc1cccs1)N1CCC2(CCc3ccccc3O2)CC1. The topological polar surface area (TPSA) is 41.6 Å². The highest BCUT2D eigenvalue weighted by Gasteiger charge is 2.40. The highest BCUT2D eigenvalue weighted by molar-refractivity contribution is 7.09. The smallest absolute Gasteiger partial charge is 0.317 e. The fourth-order valence-corrected chi connectivity index (χ4v) is 4.26. The summed E-state index contributed by atoms with van der Waals surface area (Å²) in [5, 5.41) is 5.05. The fourth-order valence-electron chi connectivity index (χ4n) is 3.61. The number of thiophene rings is 1. The molecule has 5 heteroatoms. The Morgan fingerprint density at radius 1 is 1.17 bits per heavy atom. The zero-order valence-electron chi connectivity index (χ0n) is 13.7. The Kier molecular flexibility index (Phi) is 4.19. The largest absolute Gasteiger partial charge is 0.487 e. The summed E-state index contributed by atoms with van der Waals surface area (Å²) in [4.78, 5) is 15.4. The van der Waals surface area contributed by atoms with Crippen molar-refractivity contribution < 1.29 is 9.53 Å². The summed E-state index contributed by atoms with van der Waals surface area (Å²) >= 11 is 1.67. The maximum atomic E-state index is 12.3.